The fraction of sp³-hybridized carbons (Fsp3) is 0.375. The minimum Gasteiger partial charge on any atom is -0.320 e. The van der Waals surface area contributed by atoms with Crippen molar-refractivity contribution in [2.24, 2.45) is 0 Å². The van der Waals surface area contributed by atoms with Crippen LogP contribution in [0.3, 0.4) is 0 Å². The molecule has 0 fully saturated rings. The third-order valence-corrected chi connectivity index (χ3v) is 4.84. The number of nitrogens with zero attached hydrogens (tertiary/aromatic N) is 3. The molecule has 4 nitrogen and oxygen atoms in total. The molecule has 0 saturated carbocycles. The average Bonchev–Trinajstić information content (AvgIpc) is 2.92. The second kappa shape index (κ2) is 6.21. The first-order valence-electron chi connectivity index (χ1n) is 7.77. The number of fused-ring (bicyclic) bond motifs is 1. The summed E-state index contributed by atoms with van der Waals surface area (Å²) in [7, 11) is 2.02. The first-order valence-corrected chi connectivity index (χ1v) is 8.53. The van der Waals surface area contributed by atoms with Crippen molar-refractivity contribution in [1.29, 1.82) is 0 Å². The van der Waals surface area contributed by atoms with Crippen LogP contribution >= 0.6 is 23.2 Å². The predicted octanol–water partition coefficient (Wildman–Crippen LogP) is 2.47. The first kappa shape index (κ1) is 16.4. The molecule has 1 unspecified atom stereocenters. The van der Waals surface area contributed by atoms with Gasteiger partial charge in [0, 0.05) is 18.8 Å². The first-order chi connectivity index (χ1) is 10.9. The lowest BCUT2D eigenvalue weighted by atomic mass is 9.93. The predicted molar refractivity (Wildman–Crippen MR) is 98.8 cm³/mol. The molecule has 1 atom stereocenters. The van der Waals surface area contributed by atoms with Crippen molar-refractivity contribution in [1.82, 2.24) is 9.55 Å². The molecule has 1 aromatic carbocycles. The van der Waals surface area contributed by atoms with Gasteiger partial charge in [0.05, 0.1) is 10.7 Å². The van der Waals surface area contributed by atoms with Gasteiger partial charge in [0.25, 0.3) is 5.56 Å². The van der Waals surface area contributed by atoms with E-state index in [4.69, 9.17) is 23.2 Å². The maximum absolute atomic E-state index is 12.9. The van der Waals surface area contributed by atoms with Crippen LogP contribution in [0.5, 0.6) is 0 Å². The highest BCUT2D eigenvalue weighted by molar-refractivity contribution is 6.38. The van der Waals surface area contributed by atoms with Crippen molar-refractivity contribution in [2.75, 3.05) is 11.4 Å². The molecule has 1 aromatic heterocycles. The van der Waals surface area contributed by atoms with Gasteiger partial charge in [0.15, 0.2) is 0 Å². The Labute approximate surface area is 146 Å². The van der Waals surface area contributed by atoms with Crippen molar-refractivity contribution in [3.8, 4) is 0 Å². The molecule has 0 radical (unpaired) electrons. The van der Waals surface area contributed by atoms with Crippen molar-refractivity contribution in [2.45, 2.75) is 32.7 Å². The van der Waals surface area contributed by atoms with Gasteiger partial charge in [-0.1, -0.05) is 41.7 Å². The van der Waals surface area contributed by atoms with Gasteiger partial charge < -0.3 is 9.47 Å². The number of anilines is 2. The van der Waals surface area contributed by atoms with E-state index in [-0.39, 0.29) is 11.6 Å². The van der Waals surface area contributed by atoms with Gasteiger partial charge in [-0.25, -0.2) is 4.98 Å². The van der Waals surface area contributed by atoms with E-state index in [0.717, 1.165) is 29.6 Å². The molecule has 0 aliphatic carbocycles. The summed E-state index contributed by atoms with van der Waals surface area (Å²) in [5.41, 5.74) is 3.01. The third-order valence-electron chi connectivity index (χ3n) is 4.37. The van der Waals surface area contributed by atoms with E-state index in [1.165, 1.54) is 0 Å². The van der Waals surface area contributed by atoms with Crippen molar-refractivity contribution in [3.63, 3.8) is 0 Å². The standard InChI is InChI=1S/C16H18BCl2N3O/c1-3-9(2)22-8-13(19)20-15(16(22)23)21-5-4-10-6-11(17)7-12(18)14(10)21/h6-9H,3-5,17H2,1-2H3. The molecule has 2 heterocycles. The Balaban J connectivity index is 2.16. The van der Waals surface area contributed by atoms with E-state index < -0.39 is 0 Å². The maximum Gasteiger partial charge on any atom is 0.294 e. The minimum atomic E-state index is -0.131. The van der Waals surface area contributed by atoms with Gasteiger partial charge >= 0.3 is 0 Å². The van der Waals surface area contributed by atoms with E-state index in [9.17, 15) is 4.79 Å². The molecular weight excluding hydrogens is 332 g/mol. The van der Waals surface area contributed by atoms with E-state index in [1.54, 1.807) is 10.8 Å². The summed E-state index contributed by atoms with van der Waals surface area (Å²) in [6, 6.07) is 4.09. The molecule has 23 heavy (non-hydrogen) atoms. The Morgan fingerprint density at radius 1 is 1.39 bits per heavy atom. The van der Waals surface area contributed by atoms with Crippen LogP contribution in [-0.2, 0) is 6.42 Å². The molecule has 0 saturated heterocycles. The molecule has 120 valence electrons. The summed E-state index contributed by atoms with van der Waals surface area (Å²) < 4.78 is 1.66. The Bertz CT molecular complexity index is 822. The van der Waals surface area contributed by atoms with Crippen LogP contribution in [0.1, 0.15) is 31.9 Å². The highest BCUT2D eigenvalue weighted by Crippen LogP contribution is 2.37. The van der Waals surface area contributed by atoms with Gasteiger partial charge in [-0.05, 0) is 31.4 Å². The van der Waals surface area contributed by atoms with Crippen LogP contribution in [0.15, 0.2) is 23.1 Å². The van der Waals surface area contributed by atoms with Crippen LogP contribution in [0.2, 0.25) is 10.2 Å². The second-order valence-corrected chi connectivity index (χ2v) is 6.81. The lowest BCUT2D eigenvalue weighted by Crippen LogP contribution is -2.31. The molecule has 1 aliphatic rings. The summed E-state index contributed by atoms with van der Waals surface area (Å²) >= 11 is 12.6. The van der Waals surface area contributed by atoms with Crippen LogP contribution in [0, 0.1) is 0 Å². The number of hydrogen-bond donors (Lipinski definition) is 0. The highest BCUT2D eigenvalue weighted by Gasteiger charge is 2.27. The summed E-state index contributed by atoms with van der Waals surface area (Å²) in [6.45, 7) is 4.72. The van der Waals surface area contributed by atoms with Gasteiger partial charge in [-0.3, -0.25) is 4.79 Å². The monoisotopic (exact) mass is 349 g/mol. The lowest BCUT2D eigenvalue weighted by molar-refractivity contribution is 0.511. The maximum atomic E-state index is 12.9. The fourth-order valence-electron chi connectivity index (χ4n) is 3.02. The zero-order chi connectivity index (χ0) is 16.7. The van der Waals surface area contributed by atoms with Crippen molar-refractivity contribution < 1.29 is 0 Å². The molecule has 3 rings (SSSR count). The van der Waals surface area contributed by atoms with Gasteiger partial charge in [-0.2, -0.15) is 0 Å². The minimum absolute atomic E-state index is 0.0670. The Kier molecular flexibility index (Phi) is 4.43. The number of hydrogen-bond acceptors (Lipinski definition) is 3. The molecular formula is C16H18BCl2N3O. The van der Waals surface area contributed by atoms with Crippen LogP contribution in [0.25, 0.3) is 0 Å². The quantitative estimate of drug-likeness (QED) is 0.799. The number of benzene rings is 1. The van der Waals surface area contributed by atoms with Crippen LogP contribution < -0.4 is 15.9 Å². The molecule has 2 aromatic rings. The van der Waals surface area contributed by atoms with E-state index in [0.29, 0.717) is 22.5 Å². The van der Waals surface area contributed by atoms with E-state index in [1.807, 2.05) is 32.7 Å². The molecule has 7 heteroatoms. The summed E-state index contributed by atoms with van der Waals surface area (Å²) in [4.78, 5) is 19.0. The third kappa shape index (κ3) is 2.88. The Morgan fingerprint density at radius 2 is 2.13 bits per heavy atom. The smallest absolute Gasteiger partial charge is 0.294 e. The second-order valence-electron chi connectivity index (χ2n) is 6.01. The van der Waals surface area contributed by atoms with Crippen molar-refractivity contribution in [3.05, 3.63) is 44.4 Å². The molecule has 0 spiro atoms. The zero-order valence-corrected chi connectivity index (χ0v) is 14.9. The van der Waals surface area contributed by atoms with E-state index >= 15 is 0 Å². The Hall–Kier alpha value is -1.46. The number of halogens is 2. The lowest BCUT2D eigenvalue weighted by Gasteiger charge is -2.22. The fourth-order valence-corrected chi connectivity index (χ4v) is 3.60. The largest absolute Gasteiger partial charge is 0.320 e. The highest BCUT2D eigenvalue weighted by atomic mass is 35.5. The summed E-state index contributed by atoms with van der Waals surface area (Å²) in [6.07, 6.45) is 3.29. The molecule has 1 aliphatic heterocycles. The van der Waals surface area contributed by atoms with Gasteiger partial charge in [0.2, 0.25) is 5.82 Å². The zero-order valence-electron chi connectivity index (χ0n) is 13.4. The van der Waals surface area contributed by atoms with Crippen LogP contribution in [0.4, 0.5) is 11.5 Å². The average molecular weight is 350 g/mol. The van der Waals surface area contributed by atoms with Crippen LogP contribution in [-0.4, -0.2) is 23.9 Å². The molecule has 0 amide bonds. The van der Waals surface area contributed by atoms with Gasteiger partial charge in [-0.15, -0.1) is 0 Å². The van der Waals surface area contributed by atoms with E-state index in [2.05, 4.69) is 11.1 Å². The SMILES string of the molecule is Bc1cc(Cl)c2c(c1)CCN2c1nc(Cl)cn(C(C)CC)c1=O. The molecule has 0 bridgehead atoms. The topological polar surface area (TPSA) is 38.1 Å². The normalized spacial score (nSPS) is 14.9. The Morgan fingerprint density at radius 3 is 2.83 bits per heavy atom. The summed E-state index contributed by atoms with van der Waals surface area (Å²) in [5, 5.41) is 0.963. The number of aromatic nitrogens is 2. The number of rotatable bonds is 3. The molecule has 0 N–H and O–H groups in total. The van der Waals surface area contributed by atoms with Gasteiger partial charge in [0.1, 0.15) is 13.0 Å². The summed E-state index contributed by atoms with van der Waals surface area (Å²) in [5.74, 6) is 0.349. The van der Waals surface area contributed by atoms with Crippen molar-refractivity contribution >= 4 is 48.0 Å².